The summed E-state index contributed by atoms with van der Waals surface area (Å²) in [5, 5.41) is 8.77. The molecule has 0 aliphatic heterocycles. The quantitative estimate of drug-likeness (QED) is 0.490. The maximum absolute atomic E-state index is 12.6. The van der Waals surface area contributed by atoms with E-state index in [4.69, 9.17) is 11.6 Å². The molecule has 4 rings (SSSR count). The highest BCUT2D eigenvalue weighted by Crippen LogP contribution is 2.35. The summed E-state index contributed by atoms with van der Waals surface area (Å²) >= 11 is 7.42. The SMILES string of the molecule is Cc1nc2ncnn2c(Sc2ccccc2NC(=O)c2ccc(Cl)cc2)c1C. The van der Waals surface area contributed by atoms with Crippen molar-refractivity contribution in [3.8, 4) is 0 Å². The average molecular weight is 410 g/mol. The summed E-state index contributed by atoms with van der Waals surface area (Å²) in [6, 6.07) is 14.4. The number of aromatic nitrogens is 4. The van der Waals surface area contributed by atoms with E-state index in [-0.39, 0.29) is 5.91 Å². The first-order chi connectivity index (χ1) is 13.5. The molecule has 6 nitrogen and oxygen atoms in total. The van der Waals surface area contributed by atoms with Gasteiger partial charge in [0.05, 0.1) is 5.69 Å². The van der Waals surface area contributed by atoms with Crippen LogP contribution in [0.3, 0.4) is 0 Å². The summed E-state index contributed by atoms with van der Waals surface area (Å²) in [5.74, 6) is 0.353. The normalized spacial score (nSPS) is 11.0. The van der Waals surface area contributed by atoms with Crippen LogP contribution in [0.1, 0.15) is 21.6 Å². The number of benzene rings is 2. The molecule has 0 saturated carbocycles. The molecule has 1 amide bonds. The largest absolute Gasteiger partial charge is 0.321 e. The van der Waals surface area contributed by atoms with E-state index in [0.717, 1.165) is 26.9 Å². The van der Waals surface area contributed by atoms with Gasteiger partial charge in [0.25, 0.3) is 11.7 Å². The highest BCUT2D eigenvalue weighted by molar-refractivity contribution is 7.99. The molecule has 0 fully saturated rings. The van der Waals surface area contributed by atoms with Crippen LogP contribution in [-0.4, -0.2) is 25.5 Å². The van der Waals surface area contributed by atoms with E-state index in [1.807, 2.05) is 38.1 Å². The Bertz CT molecular complexity index is 1170. The number of anilines is 1. The number of rotatable bonds is 4. The van der Waals surface area contributed by atoms with Crippen LogP contribution in [0.15, 0.2) is 64.8 Å². The molecule has 0 unspecified atom stereocenters. The van der Waals surface area contributed by atoms with Gasteiger partial charge in [-0.3, -0.25) is 4.79 Å². The van der Waals surface area contributed by atoms with Crippen molar-refractivity contribution in [2.24, 2.45) is 0 Å². The number of halogens is 1. The first kappa shape index (κ1) is 18.5. The van der Waals surface area contributed by atoms with Crippen molar-refractivity contribution in [3.05, 3.63) is 76.7 Å². The second kappa shape index (κ2) is 7.61. The second-order valence-electron chi connectivity index (χ2n) is 6.16. The van der Waals surface area contributed by atoms with E-state index >= 15 is 0 Å². The lowest BCUT2D eigenvalue weighted by Crippen LogP contribution is -2.12. The molecular weight excluding hydrogens is 394 g/mol. The first-order valence-electron chi connectivity index (χ1n) is 8.53. The van der Waals surface area contributed by atoms with E-state index in [9.17, 15) is 4.79 Å². The maximum Gasteiger partial charge on any atom is 0.255 e. The van der Waals surface area contributed by atoms with Gasteiger partial charge < -0.3 is 5.32 Å². The van der Waals surface area contributed by atoms with Crippen LogP contribution in [0.5, 0.6) is 0 Å². The predicted molar refractivity (Wildman–Crippen MR) is 110 cm³/mol. The number of carbonyl (C=O) groups is 1. The Morgan fingerprint density at radius 3 is 2.64 bits per heavy atom. The van der Waals surface area contributed by atoms with Crippen molar-refractivity contribution >= 4 is 40.7 Å². The van der Waals surface area contributed by atoms with Crippen LogP contribution in [0.4, 0.5) is 5.69 Å². The van der Waals surface area contributed by atoms with Gasteiger partial charge in [-0.15, -0.1) is 0 Å². The lowest BCUT2D eigenvalue weighted by molar-refractivity contribution is 0.102. The lowest BCUT2D eigenvalue weighted by atomic mass is 10.2. The monoisotopic (exact) mass is 409 g/mol. The molecule has 0 saturated heterocycles. The molecule has 2 aromatic heterocycles. The van der Waals surface area contributed by atoms with Crippen LogP contribution in [0, 0.1) is 13.8 Å². The number of nitrogens with one attached hydrogen (secondary N) is 1. The number of carbonyl (C=O) groups excluding carboxylic acids is 1. The van der Waals surface area contributed by atoms with Crippen LogP contribution in [0.2, 0.25) is 5.02 Å². The van der Waals surface area contributed by atoms with Gasteiger partial charge in [0, 0.05) is 26.7 Å². The van der Waals surface area contributed by atoms with E-state index < -0.39 is 0 Å². The third kappa shape index (κ3) is 3.58. The summed E-state index contributed by atoms with van der Waals surface area (Å²) in [6.45, 7) is 3.95. The zero-order chi connectivity index (χ0) is 19.7. The summed E-state index contributed by atoms with van der Waals surface area (Å²) in [5.41, 5.74) is 3.17. The highest BCUT2D eigenvalue weighted by atomic mass is 35.5. The van der Waals surface area contributed by atoms with Crippen molar-refractivity contribution in [2.45, 2.75) is 23.8 Å². The molecule has 0 radical (unpaired) electrons. The molecule has 0 spiro atoms. The molecule has 4 aromatic rings. The first-order valence-corrected chi connectivity index (χ1v) is 9.73. The smallest absolute Gasteiger partial charge is 0.255 e. The van der Waals surface area contributed by atoms with E-state index in [1.54, 1.807) is 28.8 Å². The average Bonchev–Trinajstić information content (AvgIpc) is 3.15. The maximum atomic E-state index is 12.6. The Morgan fingerprint density at radius 1 is 1.11 bits per heavy atom. The number of hydrogen-bond donors (Lipinski definition) is 1. The lowest BCUT2D eigenvalue weighted by Gasteiger charge is -2.13. The minimum absolute atomic E-state index is 0.196. The van der Waals surface area contributed by atoms with Crippen molar-refractivity contribution in [3.63, 3.8) is 0 Å². The second-order valence-corrected chi connectivity index (χ2v) is 7.63. The number of amides is 1. The zero-order valence-corrected chi connectivity index (χ0v) is 16.8. The minimum Gasteiger partial charge on any atom is -0.321 e. The van der Waals surface area contributed by atoms with Crippen molar-refractivity contribution in [1.29, 1.82) is 0 Å². The Kier molecular flexibility index (Phi) is 5.02. The van der Waals surface area contributed by atoms with Crippen LogP contribution >= 0.6 is 23.4 Å². The molecule has 2 heterocycles. The van der Waals surface area contributed by atoms with Crippen molar-refractivity contribution < 1.29 is 4.79 Å². The van der Waals surface area contributed by atoms with E-state index in [2.05, 4.69) is 20.4 Å². The molecule has 1 N–H and O–H groups in total. The molecule has 0 bridgehead atoms. The Labute approximate surface area is 171 Å². The van der Waals surface area contributed by atoms with E-state index in [0.29, 0.717) is 16.4 Å². The van der Waals surface area contributed by atoms with Crippen LogP contribution < -0.4 is 5.32 Å². The zero-order valence-electron chi connectivity index (χ0n) is 15.2. The Hall–Kier alpha value is -2.90. The highest BCUT2D eigenvalue weighted by Gasteiger charge is 2.15. The molecule has 0 atom stereocenters. The third-order valence-electron chi connectivity index (χ3n) is 4.30. The summed E-state index contributed by atoms with van der Waals surface area (Å²) in [6.07, 6.45) is 1.49. The molecule has 28 heavy (non-hydrogen) atoms. The van der Waals surface area contributed by atoms with Gasteiger partial charge in [-0.25, -0.2) is 4.98 Å². The summed E-state index contributed by atoms with van der Waals surface area (Å²) in [4.78, 5) is 22.2. The number of aryl methyl sites for hydroxylation is 1. The van der Waals surface area contributed by atoms with Crippen molar-refractivity contribution in [1.82, 2.24) is 19.6 Å². The summed E-state index contributed by atoms with van der Waals surface area (Å²) in [7, 11) is 0. The molecule has 0 aliphatic carbocycles. The van der Waals surface area contributed by atoms with Gasteiger partial charge in [-0.1, -0.05) is 35.5 Å². The number of nitrogens with zero attached hydrogens (tertiary/aromatic N) is 4. The van der Waals surface area contributed by atoms with Crippen LogP contribution in [0.25, 0.3) is 5.78 Å². The molecule has 8 heteroatoms. The Morgan fingerprint density at radius 2 is 1.86 bits per heavy atom. The van der Waals surface area contributed by atoms with Gasteiger partial charge in [0.1, 0.15) is 11.4 Å². The minimum atomic E-state index is -0.196. The molecule has 140 valence electrons. The predicted octanol–water partition coefficient (Wildman–Crippen LogP) is 4.80. The number of para-hydroxylation sites is 1. The summed E-state index contributed by atoms with van der Waals surface area (Å²) < 4.78 is 1.71. The third-order valence-corrected chi connectivity index (χ3v) is 5.80. The van der Waals surface area contributed by atoms with Gasteiger partial charge in [-0.05, 0) is 50.2 Å². The fourth-order valence-electron chi connectivity index (χ4n) is 2.68. The molecule has 2 aromatic carbocycles. The fraction of sp³-hybridized carbons (Fsp3) is 0.100. The van der Waals surface area contributed by atoms with Gasteiger partial charge in [0.2, 0.25) is 0 Å². The van der Waals surface area contributed by atoms with E-state index in [1.165, 1.54) is 18.1 Å². The topological polar surface area (TPSA) is 72.2 Å². The van der Waals surface area contributed by atoms with Gasteiger partial charge >= 0.3 is 0 Å². The van der Waals surface area contributed by atoms with Crippen LogP contribution in [-0.2, 0) is 0 Å². The number of fused-ring (bicyclic) bond motifs is 1. The fourth-order valence-corrected chi connectivity index (χ4v) is 3.91. The Balaban J connectivity index is 1.68. The standard InChI is InChI=1S/C20H16ClN5OS/c1-12-13(2)24-20-22-11-23-26(20)19(12)28-17-6-4-3-5-16(17)25-18(27)14-7-9-15(21)10-8-14/h3-11H,1-2H3,(H,25,27). The number of hydrogen-bond acceptors (Lipinski definition) is 5. The van der Waals surface area contributed by atoms with Gasteiger partial charge in [-0.2, -0.15) is 14.6 Å². The molecule has 0 aliphatic rings. The van der Waals surface area contributed by atoms with Crippen molar-refractivity contribution in [2.75, 3.05) is 5.32 Å². The molecular formula is C20H16ClN5OS. The van der Waals surface area contributed by atoms with Gasteiger partial charge in [0.15, 0.2) is 0 Å².